The Balaban J connectivity index is 2.19. The predicted molar refractivity (Wildman–Crippen MR) is 83.5 cm³/mol. The van der Waals surface area contributed by atoms with E-state index in [0.717, 1.165) is 12.1 Å². The number of rotatable bonds is 3. The van der Waals surface area contributed by atoms with Crippen LogP contribution in [-0.2, 0) is 6.42 Å². The van der Waals surface area contributed by atoms with Crippen LogP contribution < -0.4 is 5.73 Å². The monoisotopic (exact) mass is 352 g/mol. The summed E-state index contributed by atoms with van der Waals surface area (Å²) in [6.45, 7) is 4.16. The Morgan fingerprint density at radius 2 is 2.00 bits per heavy atom. The van der Waals surface area contributed by atoms with Gasteiger partial charge in [0.2, 0.25) is 0 Å². The molecule has 94 valence electrons. The van der Waals surface area contributed by atoms with E-state index in [1.54, 1.807) is 0 Å². The molecule has 18 heavy (non-hydrogen) atoms. The van der Waals surface area contributed by atoms with Gasteiger partial charge in [0.15, 0.2) is 0 Å². The molecule has 1 unspecified atom stereocenters. The van der Waals surface area contributed by atoms with Crippen LogP contribution in [0.5, 0.6) is 0 Å². The number of benzene rings is 1. The predicted octanol–water partition coefficient (Wildman–Crippen LogP) is 3.55. The van der Waals surface area contributed by atoms with Crippen LogP contribution in [0.2, 0.25) is 0 Å². The molecule has 0 bridgehead atoms. The lowest BCUT2D eigenvalue weighted by Crippen LogP contribution is -2.15. The van der Waals surface area contributed by atoms with E-state index < -0.39 is 0 Å². The van der Waals surface area contributed by atoms with E-state index in [2.05, 4.69) is 64.8 Å². The van der Waals surface area contributed by atoms with E-state index in [1.165, 1.54) is 20.3 Å². The summed E-state index contributed by atoms with van der Waals surface area (Å²) in [7, 11) is 0. The van der Waals surface area contributed by atoms with Crippen LogP contribution >= 0.6 is 22.6 Å². The van der Waals surface area contributed by atoms with Gasteiger partial charge in [-0.25, -0.2) is 0 Å². The van der Waals surface area contributed by atoms with Gasteiger partial charge in [-0.1, -0.05) is 24.3 Å². The zero-order valence-corrected chi connectivity index (χ0v) is 12.8. The minimum atomic E-state index is 0.00649. The normalized spacial score (nSPS) is 12.4. The maximum absolute atomic E-state index is 6.29. The van der Waals surface area contributed by atoms with Gasteiger partial charge in [0.05, 0.1) is 0 Å². The highest BCUT2D eigenvalue weighted by Gasteiger charge is 2.12. The van der Waals surface area contributed by atoms with Gasteiger partial charge >= 0.3 is 0 Å². The summed E-state index contributed by atoms with van der Waals surface area (Å²) < 4.78 is 1.26. The van der Waals surface area contributed by atoms with Gasteiger partial charge in [0.25, 0.3) is 0 Å². The molecular weight excluding hydrogens is 335 g/mol. The zero-order valence-electron chi connectivity index (χ0n) is 10.7. The van der Waals surface area contributed by atoms with Gasteiger partial charge < -0.3 is 5.73 Å². The molecule has 0 aliphatic rings. The third-order valence-corrected chi connectivity index (χ3v) is 4.50. The van der Waals surface area contributed by atoms with Gasteiger partial charge in [-0.15, -0.1) is 0 Å². The van der Waals surface area contributed by atoms with Crippen molar-refractivity contribution >= 4 is 22.6 Å². The van der Waals surface area contributed by atoms with Crippen LogP contribution in [0.4, 0.5) is 0 Å². The third-order valence-electron chi connectivity index (χ3n) is 3.02. The summed E-state index contributed by atoms with van der Waals surface area (Å²) in [4.78, 5) is 4.41. The minimum absolute atomic E-state index is 0.00649. The number of hydrogen-bond donors (Lipinski definition) is 1. The van der Waals surface area contributed by atoms with E-state index in [0.29, 0.717) is 0 Å². The number of nitrogens with two attached hydrogens (primary N) is 1. The van der Waals surface area contributed by atoms with Crippen molar-refractivity contribution in [3.05, 3.63) is 62.5 Å². The molecule has 0 fully saturated rings. The average molecular weight is 352 g/mol. The number of pyridine rings is 1. The summed E-state index contributed by atoms with van der Waals surface area (Å²) in [5.74, 6) is 0. The summed E-state index contributed by atoms with van der Waals surface area (Å²) in [6.07, 6.45) is 2.67. The second kappa shape index (κ2) is 5.80. The number of aromatic nitrogens is 1. The average Bonchev–Trinajstić information content (AvgIpc) is 2.35. The highest BCUT2D eigenvalue weighted by Crippen LogP contribution is 2.23. The van der Waals surface area contributed by atoms with Crippen LogP contribution in [-0.4, -0.2) is 4.98 Å². The van der Waals surface area contributed by atoms with Crippen molar-refractivity contribution < 1.29 is 0 Å². The summed E-state index contributed by atoms with van der Waals surface area (Å²) >= 11 is 2.37. The minimum Gasteiger partial charge on any atom is -0.324 e. The fourth-order valence-electron chi connectivity index (χ4n) is 1.91. The van der Waals surface area contributed by atoms with E-state index in [-0.39, 0.29) is 6.04 Å². The first-order chi connectivity index (χ1) is 8.58. The van der Waals surface area contributed by atoms with Crippen molar-refractivity contribution in [3.63, 3.8) is 0 Å². The Bertz CT molecular complexity index is 535. The summed E-state index contributed by atoms with van der Waals surface area (Å²) in [5.41, 5.74) is 11.0. The molecule has 2 aromatic rings. The molecule has 2 nitrogen and oxygen atoms in total. The Hall–Kier alpha value is -0.940. The topological polar surface area (TPSA) is 38.9 Å². The molecule has 0 saturated heterocycles. The van der Waals surface area contributed by atoms with E-state index in [1.807, 2.05) is 13.1 Å². The van der Waals surface area contributed by atoms with Crippen LogP contribution in [0.15, 0.2) is 36.5 Å². The number of halogens is 1. The molecule has 3 heteroatoms. The van der Waals surface area contributed by atoms with Gasteiger partial charge in [0, 0.05) is 27.9 Å². The van der Waals surface area contributed by atoms with Crippen molar-refractivity contribution in [3.8, 4) is 0 Å². The smallest absolute Gasteiger partial charge is 0.0422 e. The Labute approximate surface area is 122 Å². The Morgan fingerprint density at radius 3 is 2.67 bits per heavy atom. The molecule has 0 saturated carbocycles. The number of hydrogen-bond acceptors (Lipinski definition) is 2. The maximum atomic E-state index is 6.29. The lowest BCUT2D eigenvalue weighted by Gasteiger charge is -2.15. The summed E-state index contributed by atoms with van der Waals surface area (Å²) in [5, 5.41) is 0. The van der Waals surface area contributed by atoms with E-state index in [9.17, 15) is 0 Å². The van der Waals surface area contributed by atoms with Crippen LogP contribution in [0.25, 0.3) is 0 Å². The first-order valence-corrected chi connectivity index (χ1v) is 7.08. The van der Waals surface area contributed by atoms with Crippen molar-refractivity contribution in [2.24, 2.45) is 5.73 Å². The Kier molecular flexibility index (Phi) is 4.35. The molecular formula is C15H17IN2. The fourth-order valence-corrected chi connectivity index (χ4v) is 2.67. The molecule has 1 atom stereocenters. The van der Waals surface area contributed by atoms with Crippen molar-refractivity contribution in [1.29, 1.82) is 0 Å². The third kappa shape index (κ3) is 3.09. The maximum Gasteiger partial charge on any atom is 0.0422 e. The highest BCUT2D eigenvalue weighted by molar-refractivity contribution is 14.1. The molecule has 0 aliphatic heterocycles. The highest BCUT2D eigenvalue weighted by atomic mass is 127. The summed E-state index contributed by atoms with van der Waals surface area (Å²) in [6, 6.07) is 10.4. The van der Waals surface area contributed by atoms with Crippen LogP contribution in [0.1, 0.15) is 28.4 Å². The molecule has 2 N–H and O–H groups in total. The van der Waals surface area contributed by atoms with Gasteiger partial charge in [-0.05, 0) is 59.2 Å². The largest absolute Gasteiger partial charge is 0.324 e. The first kappa shape index (κ1) is 13.5. The SMILES string of the molecule is Cc1ccc(CC(N)c2cccc(C)c2I)nc1. The second-order valence-electron chi connectivity index (χ2n) is 4.62. The molecule has 0 amide bonds. The molecule has 0 spiro atoms. The van der Waals surface area contributed by atoms with Gasteiger partial charge in [-0.2, -0.15) is 0 Å². The van der Waals surface area contributed by atoms with Gasteiger partial charge in [0.1, 0.15) is 0 Å². The van der Waals surface area contributed by atoms with Crippen LogP contribution in [0, 0.1) is 17.4 Å². The molecule has 1 heterocycles. The van der Waals surface area contributed by atoms with Crippen LogP contribution in [0.3, 0.4) is 0 Å². The molecule has 2 rings (SSSR count). The van der Waals surface area contributed by atoms with E-state index in [4.69, 9.17) is 5.73 Å². The standard InChI is InChI=1S/C15H17IN2/c1-10-6-7-12(18-9-10)8-14(17)13-5-3-4-11(2)15(13)16/h3-7,9,14H,8,17H2,1-2H3. The quantitative estimate of drug-likeness (QED) is 0.859. The lowest BCUT2D eigenvalue weighted by molar-refractivity contribution is 0.701. The van der Waals surface area contributed by atoms with Crippen molar-refractivity contribution in [2.75, 3.05) is 0 Å². The second-order valence-corrected chi connectivity index (χ2v) is 5.69. The van der Waals surface area contributed by atoms with Crippen molar-refractivity contribution in [1.82, 2.24) is 4.98 Å². The zero-order chi connectivity index (χ0) is 13.1. The molecule has 0 radical (unpaired) electrons. The lowest BCUT2D eigenvalue weighted by atomic mass is 10.0. The fraction of sp³-hybridized carbons (Fsp3) is 0.267. The first-order valence-electron chi connectivity index (χ1n) is 6.00. The molecule has 1 aromatic heterocycles. The van der Waals surface area contributed by atoms with Gasteiger partial charge in [-0.3, -0.25) is 4.98 Å². The van der Waals surface area contributed by atoms with E-state index >= 15 is 0 Å². The van der Waals surface area contributed by atoms with Crippen molar-refractivity contribution in [2.45, 2.75) is 26.3 Å². The molecule has 0 aliphatic carbocycles. The number of aryl methyl sites for hydroxylation is 2. The number of nitrogens with zero attached hydrogens (tertiary/aromatic N) is 1. The molecule has 1 aromatic carbocycles. The Morgan fingerprint density at radius 1 is 1.22 bits per heavy atom.